The standard InChI is InChI=1S/C42H61ClN4O7S/c1-27-28(2)55-37-34(27)35(30-13-15-31(43)16-14-30)44-32(36-46-45-29(3)47(36)37)23-33(49)54-39(6,7)18-21-53-41(10,11)25-42(12,26-51-22-19-48)24-40(8,9)52-20-17-38(4,5)50/h13-16,19,32,50H,17-18,20-26H2,1-12H3. The fourth-order valence-corrected chi connectivity index (χ4v) is 8.86. The number of halogens is 1. The molecule has 1 aliphatic rings. The van der Waals surface area contributed by atoms with Gasteiger partial charge in [-0.25, -0.2) is 0 Å². The summed E-state index contributed by atoms with van der Waals surface area (Å²) in [7, 11) is 0. The number of rotatable bonds is 20. The SMILES string of the molecule is Cc1sc2c(c1C)C(c1ccc(Cl)cc1)=NC(CC(=O)OC(C)(C)CCOC(C)(C)CC(C)(COCC=O)CC(C)(C)OCCC(C)(C)O)c1nnc(C)n1-2. The molecule has 0 fully saturated rings. The zero-order valence-electron chi connectivity index (χ0n) is 34.8. The van der Waals surface area contributed by atoms with Gasteiger partial charge in [0.2, 0.25) is 0 Å². The number of benzene rings is 1. The number of aryl methyl sites for hydroxylation is 2. The molecule has 0 amide bonds. The number of ether oxygens (including phenoxy) is 4. The molecule has 0 saturated heterocycles. The van der Waals surface area contributed by atoms with Gasteiger partial charge in [-0.15, -0.1) is 21.5 Å². The second-order valence-corrected chi connectivity index (χ2v) is 19.4. The number of aldehydes is 1. The molecular formula is C42H61ClN4O7S. The van der Waals surface area contributed by atoms with Crippen LogP contribution in [0.1, 0.15) is 134 Å². The molecule has 55 heavy (non-hydrogen) atoms. The van der Waals surface area contributed by atoms with Crippen LogP contribution in [0.3, 0.4) is 0 Å². The number of carbonyl (C=O) groups excluding carboxylic acids is 2. The molecule has 2 aromatic heterocycles. The Morgan fingerprint density at radius 1 is 0.909 bits per heavy atom. The number of hydrogen-bond acceptors (Lipinski definition) is 11. The molecule has 3 heterocycles. The quantitative estimate of drug-likeness (QED) is 0.0677. The number of thiophene rings is 1. The third-order valence-electron chi connectivity index (χ3n) is 9.85. The van der Waals surface area contributed by atoms with E-state index in [2.05, 4.69) is 31.0 Å². The van der Waals surface area contributed by atoms with Crippen molar-refractivity contribution < 1.29 is 33.6 Å². The molecule has 11 nitrogen and oxygen atoms in total. The van der Waals surface area contributed by atoms with E-state index in [1.54, 1.807) is 25.2 Å². The molecule has 3 aromatic rings. The van der Waals surface area contributed by atoms with Crippen molar-refractivity contribution in [3.05, 3.63) is 62.5 Å². The summed E-state index contributed by atoms with van der Waals surface area (Å²) >= 11 is 7.92. The second kappa shape index (κ2) is 17.6. The molecule has 2 unspecified atom stereocenters. The number of carbonyl (C=O) groups is 2. The molecule has 1 aliphatic heterocycles. The first-order valence-corrected chi connectivity index (χ1v) is 20.2. The van der Waals surface area contributed by atoms with Crippen LogP contribution in [0.25, 0.3) is 5.00 Å². The number of aromatic nitrogens is 3. The molecule has 304 valence electrons. The predicted octanol–water partition coefficient (Wildman–Crippen LogP) is 8.65. The van der Waals surface area contributed by atoms with Gasteiger partial charge >= 0.3 is 5.97 Å². The summed E-state index contributed by atoms with van der Waals surface area (Å²) in [5.74, 6) is 0.914. The van der Waals surface area contributed by atoms with Gasteiger partial charge in [0.25, 0.3) is 0 Å². The van der Waals surface area contributed by atoms with Crippen LogP contribution in [0.5, 0.6) is 0 Å². The molecule has 0 aliphatic carbocycles. The smallest absolute Gasteiger partial charge is 0.308 e. The Morgan fingerprint density at radius 3 is 2.09 bits per heavy atom. The lowest BCUT2D eigenvalue weighted by Gasteiger charge is -2.42. The van der Waals surface area contributed by atoms with Gasteiger partial charge in [-0.05, 0) is 119 Å². The van der Waals surface area contributed by atoms with Crippen molar-refractivity contribution in [2.45, 2.75) is 144 Å². The van der Waals surface area contributed by atoms with Crippen molar-refractivity contribution in [3.8, 4) is 5.00 Å². The minimum atomic E-state index is -0.830. The van der Waals surface area contributed by atoms with Crippen LogP contribution in [-0.2, 0) is 28.5 Å². The van der Waals surface area contributed by atoms with Crippen molar-refractivity contribution in [1.29, 1.82) is 0 Å². The van der Waals surface area contributed by atoms with E-state index in [0.29, 0.717) is 56.4 Å². The number of hydrogen-bond donors (Lipinski definition) is 1. The average Bonchev–Trinajstić information content (AvgIpc) is 3.51. The van der Waals surface area contributed by atoms with E-state index in [4.69, 9.17) is 35.5 Å². The number of fused-ring (bicyclic) bond motifs is 3. The first-order valence-electron chi connectivity index (χ1n) is 19.0. The summed E-state index contributed by atoms with van der Waals surface area (Å²) in [5.41, 5.74) is 0.665. The van der Waals surface area contributed by atoms with Gasteiger partial charge in [-0.3, -0.25) is 14.4 Å². The molecule has 2 atom stereocenters. The summed E-state index contributed by atoms with van der Waals surface area (Å²) in [6, 6.07) is 6.96. The third-order valence-corrected chi connectivity index (χ3v) is 11.3. The number of aliphatic imine (C=N–C) groups is 1. The number of esters is 1. The first kappa shape index (κ1) is 44.7. The molecule has 0 bridgehead atoms. The second-order valence-electron chi connectivity index (χ2n) is 17.7. The fourth-order valence-electron chi connectivity index (χ4n) is 7.52. The van der Waals surface area contributed by atoms with Crippen LogP contribution in [-0.4, -0.2) is 86.7 Å². The van der Waals surface area contributed by atoms with Crippen molar-refractivity contribution in [2.75, 3.05) is 26.4 Å². The summed E-state index contributed by atoms with van der Waals surface area (Å²) in [6.45, 7) is 24.8. The van der Waals surface area contributed by atoms with E-state index >= 15 is 0 Å². The molecule has 1 aromatic carbocycles. The maximum atomic E-state index is 13.7. The maximum absolute atomic E-state index is 13.7. The Bertz CT molecular complexity index is 1820. The molecule has 1 N–H and O–H groups in total. The van der Waals surface area contributed by atoms with Gasteiger partial charge in [0.15, 0.2) is 5.82 Å². The molecule has 0 saturated carbocycles. The van der Waals surface area contributed by atoms with E-state index < -0.39 is 39.8 Å². The molecule has 0 spiro atoms. The van der Waals surface area contributed by atoms with Crippen LogP contribution < -0.4 is 0 Å². The number of nitrogens with zero attached hydrogens (tertiary/aromatic N) is 4. The summed E-state index contributed by atoms with van der Waals surface area (Å²) in [6.07, 6.45) is 2.97. The topological polar surface area (TPSA) is 134 Å². The Labute approximate surface area is 336 Å². The van der Waals surface area contributed by atoms with Gasteiger partial charge in [0.05, 0.1) is 48.8 Å². The summed E-state index contributed by atoms with van der Waals surface area (Å²) < 4.78 is 26.6. The molecule has 4 rings (SSSR count). The fraction of sp³-hybridized carbons (Fsp3) is 0.643. The predicted molar refractivity (Wildman–Crippen MR) is 218 cm³/mol. The zero-order valence-corrected chi connectivity index (χ0v) is 36.4. The summed E-state index contributed by atoms with van der Waals surface area (Å²) in [5, 5.41) is 20.7. The minimum Gasteiger partial charge on any atom is -0.459 e. The highest BCUT2D eigenvalue weighted by Gasteiger charge is 2.40. The highest BCUT2D eigenvalue weighted by Crippen LogP contribution is 2.41. The Morgan fingerprint density at radius 2 is 1.51 bits per heavy atom. The largest absolute Gasteiger partial charge is 0.459 e. The molecule has 0 radical (unpaired) electrons. The normalized spacial score (nSPS) is 16.2. The van der Waals surface area contributed by atoms with E-state index in [9.17, 15) is 14.7 Å². The van der Waals surface area contributed by atoms with E-state index in [1.165, 1.54) is 4.88 Å². The average molecular weight is 801 g/mol. The van der Waals surface area contributed by atoms with Gasteiger partial charge in [0.1, 0.15) is 35.4 Å². The molecule has 13 heteroatoms. The van der Waals surface area contributed by atoms with E-state index in [-0.39, 0.29) is 13.0 Å². The monoisotopic (exact) mass is 800 g/mol. The molecular weight excluding hydrogens is 740 g/mol. The van der Waals surface area contributed by atoms with E-state index in [0.717, 1.165) is 39.5 Å². The van der Waals surface area contributed by atoms with Crippen molar-refractivity contribution in [3.63, 3.8) is 0 Å². The van der Waals surface area contributed by atoms with E-state index in [1.807, 2.05) is 77.3 Å². The lowest BCUT2D eigenvalue weighted by molar-refractivity contribution is -0.160. The van der Waals surface area contributed by atoms with Gasteiger partial charge in [-0.2, -0.15) is 0 Å². The van der Waals surface area contributed by atoms with Crippen molar-refractivity contribution >= 4 is 40.9 Å². The van der Waals surface area contributed by atoms with Crippen LogP contribution in [0.2, 0.25) is 5.02 Å². The Balaban J connectivity index is 1.45. The van der Waals surface area contributed by atoms with Gasteiger partial charge < -0.3 is 28.8 Å². The Hall–Kier alpha value is -3.00. The van der Waals surface area contributed by atoms with Crippen LogP contribution in [0, 0.1) is 26.2 Å². The van der Waals surface area contributed by atoms with Crippen molar-refractivity contribution in [2.24, 2.45) is 10.4 Å². The summed E-state index contributed by atoms with van der Waals surface area (Å²) in [4.78, 5) is 31.2. The third kappa shape index (κ3) is 12.5. The van der Waals surface area contributed by atoms with Gasteiger partial charge in [0, 0.05) is 27.4 Å². The van der Waals surface area contributed by atoms with Crippen LogP contribution >= 0.6 is 22.9 Å². The van der Waals surface area contributed by atoms with Crippen LogP contribution in [0.4, 0.5) is 0 Å². The Kier molecular flexibility index (Phi) is 14.3. The maximum Gasteiger partial charge on any atom is 0.308 e. The minimum absolute atomic E-state index is 0.0111. The van der Waals surface area contributed by atoms with Crippen LogP contribution in [0.15, 0.2) is 29.3 Å². The highest BCUT2D eigenvalue weighted by atomic mass is 35.5. The lowest BCUT2D eigenvalue weighted by Crippen LogP contribution is -2.42. The van der Waals surface area contributed by atoms with Crippen molar-refractivity contribution in [1.82, 2.24) is 14.8 Å². The lowest BCUT2D eigenvalue weighted by atomic mass is 9.73. The number of aliphatic hydroxyl groups is 1. The first-order chi connectivity index (χ1) is 25.4. The van der Waals surface area contributed by atoms with Gasteiger partial charge in [-0.1, -0.05) is 30.7 Å². The zero-order chi connectivity index (χ0) is 41.0. The highest BCUT2D eigenvalue weighted by molar-refractivity contribution is 7.15.